The minimum absolute atomic E-state index is 0.103. The molecule has 2 amide bonds. The standard InChI is InChI=1S/C24H16ClFN2O5/c1-32-19-5-3-2-4-18(19)28-22(29)20(25)21(23(28)30)27-16-10-6-14(7-11-16)24(31)33-17-12-8-15(26)9-13-17/h2-13,27H,1H3. The Labute approximate surface area is 193 Å². The van der Waals surface area contributed by atoms with Crippen LogP contribution in [0.4, 0.5) is 15.8 Å². The first-order chi connectivity index (χ1) is 15.9. The molecule has 33 heavy (non-hydrogen) atoms. The summed E-state index contributed by atoms with van der Waals surface area (Å²) in [6.45, 7) is 0. The first-order valence-electron chi connectivity index (χ1n) is 9.65. The van der Waals surface area contributed by atoms with Gasteiger partial charge in [-0.25, -0.2) is 14.1 Å². The predicted molar refractivity (Wildman–Crippen MR) is 120 cm³/mol. The zero-order chi connectivity index (χ0) is 23.5. The van der Waals surface area contributed by atoms with Crippen molar-refractivity contribution in [1.82, 2.24) is 0 Å². The number of hydrogen-bond acceptors (Lipinski definition) is 6. The summed E-state index contributed by atoms with van der Waals surface area (Å²) in [6.07, 6.45) is 0. The van der Waals surface area contributed by atoms with E-state index < -0.39 is 23.6 Å². The first-order valence-corrected chi connectivity index (χ1v) is 10.0. The number of ether oxygens (including phenoxy) is 2. The van der Waals surface area contributed by atoms with Crippen LogP contribution in [0.2, 0.25) is 0 Å². The third kappa shape index (κ3) is 4.42. The van der Waals surface area contributed by atoms with Gasteiger partial charge in [-0.2, -0.15) is 0 Å². The van der Waals surface area contributed by atoms with E-state index in [9.17, 15) is 18.8 Å². The lowest BCUT2D eigenvalue weighted by atomic mass is 10.2. The Bertz CT molecular complexity index is 1270. The van der Waals surface area contributed by atoms with Gasteiger partial charge >= 0.3 is 5.97 Å². The molecule has 3 aromatic carbocycles. The van der Waals surface area contributed by atoms with Crippen molar-refractivity contribution >= 4 is 40.8 Å². The number of benzene rings is 3. The fourth-order valence-corrected chi connectivity index (χ4v) is 3.36. The third-order valence-electron chi connectivity index (χ3n) is 4.77. The van der Waals surface area contributed by atoms with E-state index in [4.69, 9.17) is 21.1 Å². The minimum atomic E-state index is -0.687. The van der Waals surface area contributed by atoms with Crippen molar-refractivity contribution in [3.05, 3.63) is 94.9 Å². The van der Waals surface area contributed by atoms with Crippen LogP contribution in [-0.4, -0.2) is 24.9 Å². The summed E-state index contributed by atoms with van der Waals surface area (Å²) in [4.78, 5) is 38.8. The highest BCUT2D eigenvalue weighted by Crippen LogP contribution is 2.35. The van der Waals surface area contributed by atoms with E-state index in [1.54, 1.807) is 24.3 Å². The number of nitrogens with one attached hydrogen (secondary N) is 1. The van der Waals surface area contributed by atoms with Crippen LogP contribution in [0.15, 0.2) is 83.5 Å². The van der Waals surface area contributed by atoms with Crippen molar-refractivity contribution in [3.63, 3.8) is 0 Å². The molecule has 9 heteroatoms. The second-order valence-electron chi connectivity index (χ2n) is 6.85. The molecule has 0 bridgehead atoms. The third-order valence-corrected chi connectivity index (χ3v) is 5.12. The molecule has 0 aromatic heterocycles. The molecule has 3 aromatic rings. The van der Waals surface area contributed by atoms with Gasteiger partial charge in [-0.15, -0.1) is 0 Å². The molecule has 0 atom stereocenters. The molecule has 0 fully saturated rings. The highest BCUT2D eigenvalue weighted by Gasteiger charge is 2.40. The summed E-state index contributed by atoms with van der Waals surface area (Å²) in [7, 11) is 1.43. The number of esters is 1. The molecule has 0 radical (unpaired) electrons. The smallest absolute Gasteiger partial charge is 0.343 e. The Hall–Kier alpha value is -4.17. The van der Waals surface area contributed by atoms with E-state index in [0.717, 1.165) is 4.90 Å². The maximum Gasteiger partial charge on any atom is 0.343 e. The van der Waals surface area contributed by atoms with E-state index in [1.165, 1.54) is 55.6 Å². The summed E-state index contributed by atoms with van der Waals surface area (Å²) in [5, 5.41) is 2.56. The van der Waals surface area contributed by atoms with Crippen LogP contribution in [0.3, 0.4) is 0 Å². The normalized spacial score (nSPS) is 13.4. The molecule has 7 nitrogen and oxygen atoms in total. The van der Waals surface area contributed by atoms with Gasteiger partial charge in [0.2, 0.25) is 0 Å². The van der Waals surface area contributed by atoms with E-state index in [0.29, 0.717) is 11.4 Å². The number of nitrogens with zero attached hydrogens (tertiary/aromatic N) is 1. The van der Waals surface area contributed by atoms with E-state index in [2.05, 4.69) is 5.32 Å². The summed E-state index contributed by atoms with van der Waals surface area (Å²) in [5.74, 6) is -1.87. The van der Waals surface area contributed by atoms with E-state index >= 15 is 0 Å². The molecular weight excluding hydrogens is 451 g/mol. The highest BCUT2D eigenvalue weighted by atomic mass is 35.5. The minimum Gasteiger partial charge on any atom is -0.495 e. The van der Waals surface area contributed by atoms with Crippen LogP contribution >= 0.6 is 11.6 Å². The van der Waals surface area contributed by atoms with Crippen molar-refractivity contribution in [1.29, 1.82) is 0 Å². The maximum atomic E-state index is 13.0. The zero-order valence-corrected chi connectivity index (χ0v) is 17.9. The number of imide groups is 1. The van der Waals surface area contributed by atoms with Gasteiger partial charge in [-0.05, 0) is 60.7 Å². The number of methoxy groups -OCH3 is 1. The fourth-order valence-electron chi connectivity index (χ4n) is 3.15. The van der Waals surface area contributed by atoms with E-state index in [-0.39, 0.29) is 27.7 Å². The Morgan fingerprint density at radius 3 is 2.27 bits per heavy atom. The van der Waals surface area contributed by atoms with Crippen molar-refractivity contribution in [3.8, 4) is 11.5 Å². The lowest BCUT2D eigenvalue weighted by Gasteiger charge is -2.17. The molecule has 1 aliphatic heterocycles. The number of para-hydroxylation sites is 2. The molecule has 4 rings (SSSR count). The van der Waals surface area contributed by atoms with Gasteiger partial charge in [0.1, 0.15) is 28.0 Å². The molecule has 0 aliphatic carbocycles. The quantitative estimate of drug-likeness (QED) is 0.327. The van der Waals surface area contributed by atoms with Crippen molar-refractivity contribution in [2.45, 2.75) is 0 Å². The van der Waals surface area contributed by atoms with Crippen LogP contribution in [0.5, 0.6) is 11.5 Å². The van der Waals surface area contributed by atoms with Crippen LogP contribution in [-0.2, 0) is 9.59 Å². The summed E-state index contributed by atoms with van der Waals surface area (Å²) < 4.78 is 23.4. The van der Waals surface area contributed by atoms with E-state index in [1.807, 2.05) is 0 Å². The van der Waals surface area contributed by atoms with Crippen molar-refractivity contribution in [2.24, 2.45) is 0 Å². The molecule has 0 saturated heterocycles. The summed E-state index contributed by atoms with van der Waals surface area (Å²) in [5.41, 5.74) is 0.817. The Morgan fingerprint density at radius 2 is 1.61 bits per heavy atom. The molecule has 1 N–H and O–H groups in total. The molecule has 1 aliphatic rings. The van der Waals surface area contributed by atoms with Gasteiger partial charge in [-0.3, -0.25) is 9.59 Å². The van der Waals surface area contributed by atoms with Gasteiger partial charge in [0.15, 0.2) is 0 Å². The van der Waals surface area contributed by atoms with Crippen LogP contribution in [0.25, 0.3) is 0 Å². The number of halogens is 2. The fraction of sp³-hybridized carbons (Fsp3) is 0.0417. The second kappa shape index (κ2) is 9.13. The molecule has 0 unspecified atom stereocenters. The van der Waals surface area contributed by atoms with Crippen LogP contribution in [0.1, 0.15) is 10.4 Å². The summed E-state index contributed by atoms with van der Waals surface area (Å²) >= 11 is 6.16. The molecule has 0 spiro atoms. The lowest BCUT2D eigenvalue weighted by Crippen LogP contribution is -2.32. The van der Waals surface area contributed by atoms with Gasteiger partial charge in [0, 0.05) is 5.69 Å². The average molecular weight is 467 g/mol. The van der Waals surface area contributed by atoms with Gasteiger partial charge in [0.05, 0.1) is 18.4 Å². The molecule has 166 valence electrons. The SMILES string of the molecule is COc1ccccc1N1C(=O)C(Cl)=C(Nc2ccc(C(=O)Oc3ccc(F)cc3)cc2)C1=O. The Balaban J connectivity index is 1.49. The van der Waals surface area contributed by atoms with Gasteiger partial charge < -0.3 is 14.8 Å². The molecular formula is C24H16ClFN2O5. The van der Waals surface area contributed by atoms with Gasteiger partial charge in [-0.1, -0.05) is 23.7 Å². The summed E-state index contributed by atoms with van der Waals surface area (Å²) in [6, 6.07) is 17.6. The largest absolute Gasteiger partial charge is 0.495 e. The Kier molecular flexibility index (Phi) is 6.10. The zero-order valence-electron chi connectivity index (χ0n) is 17.2. The lowest BCUT2D eigenvalue weighted by molar-refractivity contribution is -0.120. The maximum absolute atomic E-state index is 13.0. The topological polar surface area (TPSA) is 84.9 Å². The Morgan fingerprint density at radius 1 is 0.939 bits per heavy atom. The average Bonchev–Trinajstić information content (AvgIpc) is 3.04. The van der Waals surface area contributed by atoms with Crippen LogP contribution < -0.4 is 19.7 Å². The van der Waals surface area contributed by atoms with Crippen molar-refractivity contribution < 1.29 is 28.2 Å². The van der Waals surface area contributed by atoms with Crippen molar-refractivity contribution in [2.75, 3.05) is 17.3 Å². The first kappa shape index (κ1) is 22.0. The number of amides is 2. The number of rotatable bonds is 6. The molecule has 1 heterocycles. The van der Waals surface area contributed by atoms with Gasteiger partial charge in [0.25, 0.3) is 11.8 Å². The number of carbonyl (C=O) groups excluding carboxylic acids is 3. The highest BCUT2D eigenvalue weighted by molar-refractivity contribution is 6.53. The molecule has 0 saturated carbocycles. The second-order valence-corrected chi connectivity index (χ2v) is 7.23. The number of hydrogen-bond donors (Lipinski definition) is 1. The number of anilines is 2. The number of carbonyl (C=O) groups is 3. The predicted octanol–water partition coefficient (Wildman–Crippen LogP) is 4.49. The monoisotopic (exact) mass is 466 g/mol. The van der Waals surface area contributed by atoms with Crippen LogP contribution in [0, 0.1) is 5.82 Å².